The number of ether oxygens (including phenoxy) is 1. The molecule has 0 unspecified atom stereocenters. The van der Waals surface area contributed by atoms with Gasteiger partial charge in [0, 0.05) is 29.5 Å². The summed E-state index contributed by atoms with van der Waals surface area (Å²) < 4.78 is 5.76. The Balaban J connectivity index is 1.76. The van der Waals surface area contributed by atoms with Gasteiger partial charge in [-0.25, -0.2) is 0 Å². The third-order valence-electron chi connectivity index (χ3n) is 4.52. The third kappa shape index (κ3) is 8.55. The molecule has 0 bridgehead atoms. The van der Waals surface area contributed by atoms with Crippen LogP contribution in [0.2, 0.25) is 0 Å². The van der Waals surface area contributed by atoms with Crippen molar-refractivity contribution >= 4 is 23.2 Å². The van der Waals surface area contributed by atoms with Crippen molar-refractivity contribution in [1.82, 2.24) is 5.32 Å². The van der Waals surface area contributed by atoms with E-state index in [2.05, 4.69) is 22.9 Å². The van der Waals surface area contributed by atoms with Gasteiger partial charge in [0.05, 0.1) is 13.2 Å². The van der Waals surface area contributed by atoms with Crippen molar-refractivity contribution in [3.63, 3.8) is 0 Å². The number of carbonyl (C=O) groups is 2. The molecule has 0 radical (unpaired) electrons. The third-order valence-corrected chi connectivity index (χ3v) is 4.52. The van der Waals surface area contributed by atoms with E-state index in [1.54, 1.807) is 24.3 Å². The highest BCUT2D eigenvalue weighted by molar-refractivity contribution is 5.95. The molecule has 0 aliphatic rings. The zero-order valence-corrected chi connectivity index (χ0v) is 18.0. The number of carbonyl (C=O) groups excluding carboxylic acids is 2. The van der Waals surface area contributed by atoms with Gasteiger partial charge in [-0.1, -0.05) is 39.2 Å². The van der Waals surface area contributed by atoms with Crippen LogP contribution in [0.1, 0.15) is 56.3 Å². The van der Waals surface area contributed by atoms with Gasteiger partial charge >= 0.3 is 0 Å². The number of hydrogen-bond donors (Lipinski definition) is 3. The number of benzene rings is 2. The highest BCUT2D eigenvalue weighted by atomic mass is 16.5. The Kier molecular flexibility index (Phi) is 10.3. The summed E-state index contributed by atoms with van der Waals surface area (Å²) in [5, 5.41) is 8.78. The molecule has 3 N–H and O–H groups in total. The fraction of sp³-hybridized carbons (Fsp3) is 0.417. The average Bonchev–Trinajstić information content (AvgIpc) is 2.76. The molecule has 2 aromatic rings. The zero-order valence-electron chi connectivity index (χ0n) is 18.0. The molecule has 2 rings (SSSR count). The first-order valence-corrected chi connectivity index (χ1v) is 10.8. The van der Waals surface area contributed by atoms with Crippen LogP contribution < -0.4 is 20.7 Å². The maximum Gasteiger partial charge on any atom is 0.251 e. The molecule has 0 saturated heterocycles. The maximum absolute atomic E-state index is 12.2. The van der Waals surface area contributed by atoms with Crippen LogP contribution >= 0.6 is 0 Å². The normalized spacial score (nSPS) is 10.3. The van der Waals surface area contributed by atoms with Gasteiger partial charge in [0.25, 0.3) is 5.91 Å². The summed E-state index contributed by atoms with van der Waals surface area (Å²) in [6.07, 6.45) is 5.53. The van der Waals surface area contributed by atoms with Gasteiger partial charge in [0.1, 0.15) is 5.75 Å². The van der Waals surface area contributed by atoms with E-state index in [0.29, 0.717) is 24.4 Å². The highest BCUT2D eigenvalue weighted by Crippen LogP contribution is 2.18. The van der Waals surface area contributed by atoms with Gasteiger partial charge in [-0.3, -0.25) is 9.59 Å². The Labute approximate surface area is 179 Å². The lowest BCUT2D eigenvalue weighted by Gasteiger charge is -2.11. The Hall–Kier alpha value is -3.02. The maximum atomic E-state index is 12.2. The van der Waals surface area contributed by atoms with Crippen molar-refractivity contribution in [2.75, 3.05) is 30.3 Å². The second kappa shape index (κ2) is 13.2. The van der Waals surface area contributed by atoms with E-state index in [1.807, 2.05) is 31.2 Å². The molecule has 2 amide bonds. The molecular weight excluding hydrogens is 378 g/mol. The SMILES string of the molecule is CCCCCCOc1cccc(NC(=O)CNc2ccc(C(=O)NCCC)cc2)c1. The van der Waals surface area contributed by atoms with Crippen LogP contribution in [0.5, 0.6) is 5.75 Å². The molecular formula is C24H33N3O3. The second-order valence-electron chi connectivity index (χ2n) is 7.17. The predicted octanol–water partition coefficient (Wildman–Crippen LogP) is 4.84. The number of unbranched alkanes of at least 4 members (excludes halogenated alkanes) is 3. The van der Waals surface area contributed by atoms with E-state index < -0.39 is 0 Å². The van der Waals surface area contributed by atoms with Crippen LogP contribution in [0.25, 0.3) is 0 Å². The van der Waals surface area contributed by atoms with Gasteiger partial charge in [0.2, 0.25) is 5.91 Å². The van der Waals surface area contributed by atoms with Crippen LogP contribution in [-0.2, 0) is 4.79 Å². The molecule has 0 atom stereocenters. The predicted molar refractivity (Wildman–Crippen MR) is 122 cm³/mol. The number of amides is 2. The standard InChI is InChI=1S/C24H33N3O3/c1-3-5-6-7-16-30-22-10-8-9-21(17-22)27-23(28)18-26-20-13-11-19(12-14-20)24(29)25-15-4-2/h8-14,17,26H,3-7,15-16,18H2,1-2H3,(H,25,29)(H,27,28). The van der Waals surface area contributed by atoms with E-state index >= 15 is 0 Å². The topological polar surface area (TPSA) is 79.5 Å². The van der Waals surface area contributed by atoms with E-state index in [9.17, 15) is 9.59 Å². The van der Waals surface area contributed by atoms with Gasteiger partial charge in [-0.05, 0) is 49.2 Å². The van der Waals surface area contributed by atoms with Crippen LogP contribution in [0.15, 0.2) is 48.5 Å². The lowest BCUT2D eigenvalue weighted by molar-refractivity contribution is -0.114. The molecule has 30 heavy (non-hydrogen) atoms. The summed E-state index contributed by atoms with van der Waals surface area (Å²) in [6, 6.07) is 14.5. The Morgan fingerprint density at radius 2 is 1.70 bits per heavy atom. The first-order chi connectivity index (χ1) is 14.6. The van der Waals surface area contributed by atoms with Crippen molar-refractivity contribution in [3.8, 4) is 5.75 Å². The number of hydrogen-bond acceptors (Lipinski definition) is 4. The quantitative estimate of drug-likeness (QED) is 0.412. The van der Waals surface area contributed by atoms with E-state index in [4.69, 9.17) is 4.74 Å². The molecule has 162 valence electrons. The fourth-order valence-electron chi connectivity index (χ4n) is 2.85. The monoisotopic (exact) mass is 411 g/mol. The molecule has 0 spiro atoms. The highest BCUT2D eigenvalue weighted by Gasteiger charge is 2.06. The molecule has 0 fully saturated rings. The smallest absolute Gasteiger partial charge is 0.251 e. The van der Waals surface area contributed by atoms with Crippen LogP contribution in [0, 0.1) is 0 Å². The van der Waals surface area contributed by atoms with Crippen LogP contribution in [-0.4, -0.2) is 31.5 Å². The first-order valence-electron chi connectivity index (χ1n) is 10.8. The van der Waals surface area contributed by atoms with E-state index in [1.165, 1.54) is 19.3 Å². The Morgan fingerprint density at radius 3 is 2.43 bits per heavy atom. The minimum atomic E-state index is -0.153. The van der Waals surface area contributed by atoms with E-state index in [-0.39, 0.29) is 18.4 Å². The summed E-state index contributed by atoms with van der Waals surface area (Å²) in [7, 11) is 0. The number of nitrogens with one attached hydrogen (secondary N) is 3. The minimum Gasteiger partial charge on any atom is -0.494 e. The summed E-state index contributed by atoms with van der Waals surface area (Å²) in [5.41, 5.74) is 2.09. The zero-order chi connectivity index (χ0) is 21.6. The Bertz CT molecular complexity index is 791. The Morgan fingerprint density at radius 1 is 0.900 bits per heavy atom. The summed E-state index contributed by atoms with van der Waals surface area (Å²) in [4.78, 5) is 24.2. The summed E-state index contributed by atoms with van der Waals surface area (Å²) in [5.74, 6) is 0.516. The van der Waals surface area contributed by atoms with Crippen LogP contribution in [0.3, 0.4) is 0 Å². The van der Waals surface area contributed by atoms with E-state index in [0.717, 1.165) is 24.3 Å². The first kappa shape index (κ1) is 23.3. The van der Waals surface area contributed by atoms with Crippen molar-refractivity contribution in [1.29, 1.82) is 0 Å². The second-order valence-corrected chi connectivity index (χ2v) is 7.17. The number of anilines is 2. The lowest BCUT2D eigenvalue weighted by Crippen LogP contribution is -2.24. The number of rotatable bonds is 13. The molecule has 6 heteroatoms. The fourth-order valence-corrected chi connectivity index (χ4v) is 2.85. The largest absolute Gasteiger partial charge is 0.494 e. The molecule has 0 aliphatic carbocycles. The van der Waals surface area contributed by atoms with Crippen molar-refractivity contribution in [3.05, 3.63) is 54.1 Å². The van der Waals surface area contributed by atoms with Crippen LogP contribution in [0.4, 0.5) is 11.4 Å². The van der Waals surface area contributed by atoms with Gasteiger partial charge in [-0.15, -0.1) is 0 Å². The van der Waals surface area contributed by atoms with Crippen molar-refractivity contribution in [2.45, 2.75) is 46.0 Å². The summed E-state index contributed by atoms with van der Waals surface area (Å²) in [6.45, 7) is 5.67. The molecule has 2 aromatic carbocycles. The van der Waals surface area contributed by atoms with Crippen molar-refractivity contribution in [2.24, 2.45) is 0 Å². The molecule has 6 nitrogen and oxygen atoms in total. The molecule has 0 aliphatic heterocycles. The molecule has 0 heterocycles. The van der Waals surface area contributed by atoms with Gasteiger partial charge < -0.3 is 20.7 Å². The van der Waals surface area contributed by atoms with Gasteiger partial charge in [0.15, 0.2) is 0 Å². The minimum absolute atomic E-state index is 0.0893. The molecule has 0 saturated carbocycles. The summed E-state index contributed by atoms with van der Waals surface area (Å²) >= 11 is 0. The lowest BCUT2D eigenvalue weighted by atomic mass is 10.2. The molecule has 0 aromatic heterocycles. The average molecular weight is 412 g/mol. The van der Waals surface area contributed by atoms with Gasteiger partial charge in [-0.2, -0.15) is 0 Å². The van der Waals surface area contributed by atoms with Crippen molar-refractivity contribution < 1.29 is 14.3 Å².